The first-order valence-corrected chi connectivity index (χ1v) is 9.49. The number of hydrogen-bond donors (Lipinski definition) is 2. The van der Waals surface area contributed by atoms with Gasteiger partial charge in [-0.05, 0) is 12.1 Å². The first-order valence-electron chi connectivity index (χ1n) is 9.49. The van der Waals surface area contributed by atoms with Gasteiger partial charge in [0.1, 0.15) is 13.1 Å². The summed E-state index contributed by atoms with van der Waals surface area (Å²) >= 11 is 0. The smallest absolute Gasteiger partial charge is 0.273 e. The van der Waals surface area contributed by atoms with E-state index in [0.717, 1.165) is 24.3 Å². The van der Waals surface area contributed by atoms with Crippen molar-refractivity contribution in [3.63, 3.8) is 0 Å². The van der Waals surface area contributed by atoms with E-state index < -0.39 is 0 Å². The molecule has 28 heavy (non-hydrogen) atoms. The van der Waals surface area contributed by atoms with Crippen molar-refractivity contribution in [3.8, 4) is 0 Å². The van der Waals surface area contributed by atoms with E-state index in [9.17, 15) is 14.4 Å². The number of amides is 1. The molecule has 1 aliphatic rings. The van der Waals surface area contributed by atoms with Crippen LogP contribution in [-0.4, -0.2) is 46.8 Å². The lowest BCUT2D eigenvalue weighted by Gasteiger charge is -2.32. The summed E-state index contributed by atoms with van der Waals surface area (Å²) in [6.45, 7) is 3.82. The highest BCUT2D eigenvalue weighted by molar-refractivity contribution is 5.81. The first-order chi connectivity index (χ1) is 13.6. The summed E-state index contributed by atoms with van der Waals surface area (Å²) in [6.07, 6.45) is 0. The molecule has 1 amide bonds. The van der Waals surface area contributed by atoms with Gasteiger partial charge in [-0.25, -0.2) is 4.68 Å². The van der Waals surface area contributed by atoms with Crippen molar-refractivity contribution >= 4 is 16.7 Å². The molecule has 0 radical (unpaired) electrons. The van der Waals surface area contributed by atoms with Crippen LogP contribution in [0.2, 0.25) is 0 Å². The van der Waals surface area contributed by atoms with Gasteiger partial charge in [-0.1, -0.05) is 42.5 Å². The van der Waals surface area contributed by atoms with Crippen molar-refractivity contribution in [2.45, 2.75) is 13.1 Å². The Kier molecular flexibility index (Phi) is 5.08. The maximum atomic E-state index is 12.7. The maximum Gasteiger partial charge on any atom is 0.273 e. The Bertz CT molecular complexity index is 1100. The highest BCUT2D eigenvalue weighted by Gasteiger charge is 2.24. The molecule has 0 aliphatic carbocycles. The highest BCUT2D eigenvalue weighted by atomic mass is 16.2. The van der Waals surface area contributed by atoms with Crippen molar-refractivity contribution in [2.24, 2.45) is 0 Å². The van der Waals surface area contributed by atoms with Gasteiger partial charge in [0.15, 0.2) is 0 Å². The second-order valence-corrected chi connectivity index (χ2v) is 7.17. The molecule has 0 unspecified atom stereocenters. The van der Waals surface area contributed by atoms with Gasteiger partial charge in [-0.3, -0.25) is 19.5 Å². The van der Waals surface area contributed by atoms with Gasteiger partial charge >= 0.3 is 0 Å². The van der Waals surface area contributed by atoms with E-state index in [0.29, 0.717) is 23.9 Å². The molecule has 1 aliphatic heterocycles. The van der Waals surface area contributed by atoms with Gasteiger partial charge in [-0.15, -0.1) is 0 Å². The summed E-state index contributed by atoms with van der Waals surface area (Å²) in [5.41, 5.74) is 0.578. The van der Waals surface area contributed by atoms with Crippen LogP contribution >= 0.6 is 0 Å². The van der Waals surface area contributed by atoms with Crippen molar-refractivity contribution in [2.75, 3.05) is 26.2 Å². The fourth-order valence-electron chi connectivity index (χ4n) is 3.73. The molecule has 0 atom stereocenters. The Morgan fingerprint density at radius 3 is 2.29 bits per heavy atom. The molecule has 144 valence electrons. The number of piperazine rings is 1. The highest BCUT2D eigenvalue weighted by Crippen LogP contribution is 2.03. The molecule has 2 heterocycles. The molecule has 3 aromatic rings. The standard InChI is InChI=1S/C21H22N4O3/c26-19(15-25-21(28)18-9-5-4-8-17(18)20(27)22-25)24-12-10-23(11-13-24)14-16-6-2-1-3-7-16/h1-9H,10-15H2,(H,22,27)/p+1. The summed E-state index contributed by atoms with van der Waals surface area (Å²) in [7, 11) is 0. The van der Waals surface area contributed by atoms with E-state index in [1.165, 1.54) is 10.5 Å². The monoisotopic (exact) mass is 379 g/mol. The first kappa shape index (κ1) is 18.2. The zero-order valence-electron chi connectivity index (χ0n) is 15.6. The molecule has 7 nitrogen and oxygen atoms in total. The molecule has 1 aromatic heterocycles. The van der Waals surface area contributed by atoms with Crippen LogP contribution < -0.4 is 16.0 Å². The molecule has 0 bridgehead atoms. The van der Waals surface area contributed by atoms with Crippen LogP contribution in [0.25, 0.3) is 10.8 Å². The molecule has 1 fully saturated rings. The SMILES string of the molecule is O=C(Cn1[nH]c(=O)c2ccccc2c1=O)N1CC[NH+](Cc2ccccc2)CC1. The zero-order valence-corrected chi connectivity index (χ0v) is 15.6. The van der Waals surface area contributed by atoms with E-state index in [4.69, 9.17) is 0 Å². The third-order valence-corrected chi connectivity index (χ3v) is 5.30. The number of nitrogens with zero attached hydrogens (tertiary/aromatic N) is 2. The number of hydrogen-bond acceptors (Lipinski definition) is 3. The molecule has 0 saturated carbocycles. The number of aromatic amines is 1. The van der Waals surface area contributed by atoms with Crippen molar-refractivity contribution < 1.29 is 9.69 Å². The largest absolute Gasteiger partial charge is 0.330 e. The van der Waals surface area contributed by atoms with Crippen LogP contribution in [0.5, 0.6) is 0 Å². The van der Waals surface area contributed by atoms with Crippen LogP contribution in [0.1, 0.15) is 5.56 Å². The Labute approximate surface area is 161 Å². The fourth-order valence-corrected chi connectivity index (χ4v) is 3.73. The molecule has 7 heteroatoms. The number of rotatable bonds is 4. The Balaban J connectivity index is 1.41. The average molecular weight is 379 g/mol. The third-order valence-electron chi connectivity index (χ3n) is 5.30. The lowest BCUT2D eigenvalue weighted by Crippen LogP contribution is -3.13. The molecule has 2 aromatic carbocycles. The minimum Gasteiger partial charge on any atom is -0.330 e. The molecular weight excluding hydrogens is 356 g/mol. The Morgan fingerprint density at radius 2 is 1.57 bits per heavy atom. The van der Waals surface area contributed by atoms with Crippen molar-refractivity contribution in [1.82, 2.24) is 14.7 Å². The van der Waals surface area contributed by atoms with E-state index in [-0.39, 0.29) is 23.6 Å². The lowest BCUT2D eigenvalue weighted by atomic mass is 10.2. The second kappa shape index (κ2) is 7.82. The number of benzene rings is 2. The van der Waals surface area contributed by atoms with Gasteiger partial charge < -0.3 is 9.80 Å². The predicted molar refractivity (Wildman–Crippen MR) is 106 cm³/mol. The summed E-state index contributed by atoms with van der Waals surface area (Å²) < 4.78 is 1.12. The Morgan fingerprint density at radius 1 is 0.929 bits per heavy atom. The van der Waals surface area contributed by atoms with E-state index in [1.807, 2.05) is 18.2 Å². The summed E-state index contributed by atoms with van der Waals surface area (Å²) in [5.74, 6) is -0.146. The zero-order chi connectivity index (χ0) is 19.5. The fraction of sp³-hybridized carbons (Fsp3) is 0.286. The van der Waals surface area contributed by atoms with E-state index in [1.54, 1.807) is 29.2 Å². The number of H-pyrrole nitrogens is 1. The van der Waals surface area contributed by atoms with Crippen LogP contribution in [0.15, 0.2) is 64.2 Å². The lowest BCUT2D eigenvalue weighted by molar-refractivity contribution is -0.917. The minimum atomic E-state index is -0.361. The normalized spacial score (nSPS) is 15.1. The maximum absolute atomic E-state index is 12.7. The van der Waals surface area contributed by atoms with Gasteiger partial charge in [0, 0.05) is 5.56 Å². The van der Waals surface area contributed by atoms with Crippen LogP contribution in [0.4, 0.5) is 0 Å². The quantitative estimate of drug-likeness (QED) is 0.649. The second-order valence-electron chi connectivity index (χ2n) is 7.17. The number of fused-ring (bicyclic) bond motifs is 1. The summed E-state index contributed by atoms with van der Waals surface area (Å²) in [5, 5.41) is 3.20. The number of quaternary nitrogens is 1. The van der Waals surface area contributed by atoms with Crippen LogP contribution in [0.3, 0.4) is 0 Å². The van der Waals surface area contributed by atoms with Gasteiger partial charge in [-0.2, -0.15) is 0 Å². The van der Waals surface area contributed by atoms with Crippen LogP contribution in [0, 0.1) is 0 Å². The minimum absolute atomic E-state index is 0.146. The average Bonchev–Trinajstić information content (AvgIpc) is 2.73. The third kappa shape index (κ3) is 3.75. The number of carbonyl (C=O) groups excluding carboxylic acids is 1. The summed E-state index contributed by atoms with van der Waals surface area (Å²) in [4.78, 5) is 40.6. The molecular formula is C21H23N4O3+. The topological polar surface area (TPSA) is 79.6 Å². The number of nitrogens with one attached hydrogen (secondary N) is 2. The molecule has 2 N–H and O–H groups in total. The van der Waals surface area contributed by atoms with Crippen molar-refractivity contribution in [1.29, 1.82) is 0 Å². The number of aromatic nitrogens is 2. The van der Waals surface area contributed by atoms with Gasteiger partial charge in [0.25, 0.3) is 11.1 Å². The van der Waals surface area contributed by atoms with Gasteiger partial charge in [0.05, 0.1) is 37.0 Å². The van der Waals surface area contributed by atoms with Gasteiger partial charge in [0.2, 0.25) is 5.91 Å². The van der Waals surface area contributed by atoms with E-state index >= 15 is 0 Å². The van der Waals surface area contributed by atoms with Crippen LogP contribution in [-0.2, 0) is 17.9 Å². The molecule has 0 spiro atoms. The predicted octanol–water partition coefficient (Wildman–Crippen LogP) is -0.383. The summed E-state index contributed by atoms with van der Waals surface area (Å²) in [6, 6.07) is 17.0. The van der Waals surface area contributed by atoms with E-state index in [2.05, 4.69) is 17.2 Å². The molecule has 4 rings (SSSR count). The molecule has 1 saturated heterocycles. The van der Waals surface area contributed by atoms with Crippen molar-refractivity contribution in [3.05, 3.63) is 80.9 Å². The Hall–Kier alpha value is -3.19. The number of carbonyl (C=O) groups is 1.